The molecule has 3 N–H and O–H groups in total. The number of nitrogens with two attached hydrogens (primary N) is 1. The topological polar surface area (TPSA) is 83.6 Å². The summed E-state index contributed by atoms with van der Waals surface area (Å²) in [5, 5.41) is 8.69. The first-order chi connectivity index (χ1) is 8.89. The van der Waals surface area contributed by atoms with Gasteiger partial charge in [-0.05, 0) is 49.9 Å². The van der Waals surface area contributed by atoms with Crippen LogP contribution in [0, 0.1) is 6.92 Å². The summed E-state index contributed by atoms with van der Waals surface area (Å²) < 4.78 is 26.1. The van der Waals surface area contributed by atoms with Gasteiger partial charge in [-0.2, -0.15) is 0 Å². The molecular weight excluding hydrogens is 264 g/mol. The van der Waals surface area contributed by atoms with E-state index in [-0.39, 0.29) is 6.61 Å². The lowest BCUT2D eigenvalue weighted by Gasteiger charge is -2.18. The molecule has 0 heterocycles. The van der Waals surface area contributed by atoms with Gasteiger partial charge in [0, 0.05) is 25.9 Å². The summed E-state index contributed by atoms with van der Waals surface area (Å²) in [5.74, 6) is 0. The number of sulfonamides is 1. The number of nitrogens with zero attached hydrogens (tertiary/aromatic N) is 1. The zero-order valence-electron chi connectivity index (χ0n) is 11.5. The maximum absolute atomic E-state index is 12.4. The van der Waals surface area contributed by atoms with E-state index in [0.29, 0.717) is 29.1 Å². The molecule has 0 spiro atoms. The normalized spacial score (nSPS) is 12.0. The van der Waals surface area contributed by atoms with Crippen LogP contribution in [0.15, 0.2) is 23.1 Å². The van der Waals surface area contributed by atoms with Crippen LogP contribution < -0.4 is 5.73 Å². The van der Waals surface area contributed by atoms with Gasteiger partial charge in [0.1, 0.15) is 0 Å². The lowest BCUT2D eigenvalue weighted by Crippen LogP contribution is -2.28. The van der Waals surface area contributed by atoms with Crippen molar-refractivity contribution in [2.45, 2.75) is 31.1 Å². The van der Waals surface area contributed by atoms with Gasteiger partial charge in [0.05, 0.1) is 4.90 Å². The minimum absolute atomic E-state index is 0.146. The molecule has 0 aromatic heterocycles. The molecule has 0 aliphatic heterocycles. The summed E-state index contributed by atoms with van der Waals surface area (Å²) in [4.78, 5) is 0.298. The summed E-state index contributed by atoms with van der Waals surface area (Å²) in [6, 6.07) is 4.80. The van der Waals surface area contributed by atoms with E-state index in [1.165, 1.54) is 4.31 Å². The lowest BCUT2D eigenvalue weighted by atomic mass is 10.2. The summed E-state index contributed by atoms with van der Waals surface area (Å²) in [5.41, 5.74) is 6.84. The third-order valence-corrected chi connectivity index (χ3v) is 5.04. The second kappa shape index (κ2) is 6.88. The molecule has 0 amide bonds. The number of aliphatic hydroxyl groups excluding tert-OH is 1. The molecule has 0 bridgehead atoms. The van der Waals surface area contributed by atoms with Crippen LogP contribution in [-0.4, -0.2) is 38.0 Å². The Hall–Kier alpha value is -1.11. The van der Waals surface area contributed by atoms with Crippen LogP contribution in [0.3, 0.4) is 0 Å². The highest BCUT2D eigenvalue weighted by molar-refractivity contribution is 7.89. The van der Waals surface area contributed by atoms with Crippen molar-refractivity contribution < 1.29 is 13.5 Å². The van der Waals surface area contributed by atoms with Crippen molar-refractivity contribution in [3.05, 3.63) is 23.8 Å². The first-order valence-electron chi connectivity index (χ1n) is 6.33. The summed E-state index contributed by atoms with van der Waals surface area (Å²) in [7, 11) is -1.88. The van der Waals surface area contributed by atoms with Crippen molar-refractivity contribution in [2.75, 3.05) is 25.9 Å². The smallest absolute Gasteiger partial charge is 0.243 e. The fourth-order valence-electron chi connectivity index (χ4n) is 1.87. The molecule has 6 heteroatoms. The number of hydrogen-bond acceptors (Lipinski definition) is 4. The van der Waals surface area contributed by atoms with Gasteiger partial charge in [-0.25, -0.2) is 12.7 Å². The Morgan fingerprint density at radius 1 is 1.26 bits per heavy atom. The summed E-state index contributed by atoms with van der Waals surface area (Å²) in [6.07, 6.45) is 2.26. The standard InChI is InChI=1S/C13H22N2O3S/c1-11-10-12(14)6-7-13(11)19(17,18)15(2)8-4-3-5-9-16/h6-7,10,16H,3-5,8-9,14H2,1-2H3. The van der Waals surface area contributed by atoms with E-state index < -0.39 is 10.0 Å². The second-order valence-corrected chi connectivity index (χ2v) is 6.65. The molecule has 5 nitrogen and oxygen atoms in total. The lowest BCUT2D eigenvalue weighted by molar-refractivity contribution is 0.281. The zero-order valence-corrected chi connectivity index (χ0v) is 12.3. The fraction of sp³-hybridized carbons (Fsp3) is 0.538. The first kappa shape index (κ1) is 15.9. The third-order valence-electron chi connectivity index (χ3n) is 3.02. The highest BCUT2D eigenvalue weighted by atomic mass is 32.2. The average Bonchev–Trinajstić information content (AvgIpc) is 2.33. The average molecular weight is 286 g/mol. The molecule has 0 fully saturated rings. The van der Waals surface area contributed by atoms with Crippen molar-refractivity contribution in [2.24, 2.45) is 0 Å². The van der Waals surface area contributed by atoms with E-state index in [4.69, 9.17) is 10.8 Å². The van der Waals surface area contributed by atoms with Gasteiger partial charge in [0.15, 0.2) is 0 Å². The van der Waals surface area contributed by atoms with Crippen LogP contribution in [0.1, 0.15) is 24.8 Å². The highest BCUT2D eigenvalue weighted by Gasteiger charge is 2.22. The van der Waals surface area contributed by atoms with E-state index in [1.807, 2.05) is 0 Å². The maximum atomic E-state index is 12.4. The Morgan fingerprint density at radius 3 is 2.53 bits per heavy atom. The van der Waals surface area contributed by atoms with Crippen molar-refractivity contribution >= 4 is 15.7 Å². The summed E-state index contributed by atoms with van der Waals surface area (Å²) in [6.45, 7) is 2.34. The molecule has 0 radical (unpaired) electrons. The maximum Gasteiger partial charge on any atom is 0.243 e. The number of benzene rings is 1. The molecule has 0 unspecified atom stereocenters. The largest absolute Gasteiger partial charge is 0.399 e. The van der Waals surface area contributed by atoms with Gasteiger partial charge in [0.2, 0.25) is 10.0 Å². The molecule has 0 atom stereocenters. The molecule has 19 heavy (non-hydrogen) atoms. The van der Waals surface area contributed by atoms with Crippen molar-refractivity contribution in [1.82, 2.24) is 4.31 Å². The van der Waals surface area contributed by atoms with Gasteiger partial charge in [0.25, 0.3) is 0 Å². The van der Waals surface area contributed by atoms with Crippen LogP contribution in [0.2, 0.25) is 0 Å². The van der Waals surface area contributed by atoms with Crippen LogP contribution in [0.25, 0.3) is 0 Å². The number of aliphatic hydroxyl groups is 1. The van der Waals surface area contributed by atoms with Crippen LogP contribution in [0.5, 0.6) is 0 Å². The Labute approximate surface area is 115 Å². The highest BCUT2D eigenvalue weighted by Crippen LogP contribution is 2.21. The predicted octanol–water partition coefficient (Wildman–Crippen LogP) is 1.36. The number of nitrogen functional groups attached to an aromatic ring is 1. The third kappa shape index (κ3) is 4.19. The van der Waals surface area contributed by atoms with Crippen LogP contribution in [0.4, 0.5) is 5.69 Å². The SMILES string of the molecule is Cc1cc(N)ccc1S(=O)(=O)N(C)CCCCCO. The van der Waals surface area contributed by atoms with Gasteiger partial charge in [-0.1, -0.05) is 0 Å². The number of unbranched alkanes of at least 4 members (excludes halogenated alkanes) is 2. The Morgan fingerprint density at radius 2 is 1.95 bits per heavy atom. The number of hydrogen-bond donors (Lipinski definition) is 2. The Kier molecular flexibility index (Phi) is 5.78. The minimum atomic E-state index is -3.46. The van der Waals surface area contributed by atoms with E-state index in [2.05, 4.69) is 0 Å². The van der Waals surface area contributed by atoms with Gasteiger partial charge in [-0.3, -0.25) is 0 Å². The number of rotatable bonds is 7. The molecule has 1 aromatic rings. The first-order valence-corrected chi connectivity index (χ1v) is 7.77. The van der Waals surface area contributed by atoms with Gasteiger partial charge < -0.3 is 10.8 Å². The molecule has 1 rings (SSSR count). The van der Waals surface area contributed by atoms with E-state index >= 15 is 0 Å². The Bertz CT molecular complexity index is 515. The quantitative estimate of drug-likeness (QED) is 0.585. The molecule has 0 aliphatic rings. The minimum Gasteiger partial charge on any atom is -0.399 e. The monoisotopic (exact) mass is 286 g/mol. The van der Waals surface area contributed by atoms with E-state index in [1.54, 1.807) is 32.2 Å². The number of aryl methyl sites for hydroxylation is 1. The molecule has 0 saturated carbocycles. The molecule has 108 valence electrons. The molecule has 1 aromatic carbocycles. The van der Waals surface area contributed by atoms with Crippen molar-refractivity contribution in [3.8, 4) is 0 Å². The summed E-state index contributed by atoms with van der Waals surface area (Å²) >= 11 is 0. The molecule has 0 aliphatic carbocycles. The molecular formula is C13H22N2O3S. The van der Waals surface area contributed by atoms with Gasteiger partial charge in [-0.15, -0.1) is 0 Å². The van der Waals surface area contributed by atoms with E-state index in [0.717, 1.165) is 12.8 Å². The number of anilines is 1. The molecule has 0 saturated heterocycles. The van der Waals surface area contributed by atoms with Crippen molar-refractivity contribution in [1.29, 1.82) is 0 Å². The van der Waals surface area contributed by atoms with E-state index in [9.17, 15) is 8.42 Å². The van der Waals surface area contributed by atoms with Crippen LogP contribution >= 0.6 is 0 Å². The predicted molar refractivity (Wildman–Crippen MR) is 76.3 cm³/mol. The van der Waals surface area contributed by atoms with Gasteiger partial charge >= 0.3 is 0 Å². The fourth-order valence-corrected chi connectivity index (χ4v) is 3.28. The zero-order chi connectivity index (χ0) is 14.5. The second-order valence-electron chi connectivity index (χ2n) is 4.64. The van der Waals surface area contributed by atoms with Crippen molar-refractivity contribution in [3.63, 3.8) is 0 Å². The van der Waals surface area contributed by atoms with Crippen LogP contribution in [-0.2, 0) is 10.0 Å². The Balaban J connectivity index is 2.79.